The average Bonchev–Trinajstić information content (AvgIpc) is 3.19. The van der Waals surface area contributed by atoms with Crippen molar-refractivity contribution in [3.05, 3.63) is 24.7 Å². The van der Waals surface area contributed by atoms with Crippen LogP contribution >= 0.6 is 0 Å². The fourth-order valence-electron chi connectivity index (χ4n) is 2.88. The number of sulfonamides is 1. The maximum Gasteiger partial charge on any atom is 0.260 e. The Kier molecular flexibility index (Phi) is 5.19. The van der Waals surface area contributed by atoms with Gasteiger partial charge in [-0.1, -0.05) is 0 Å². The first kappa shape index (κ1) is 17.6. The molecule has 1 aliphatic rings. The monoisotopic (exact) mass is 365 g/mol. The molecule has 2 aromatic heterocycles. The second-order valence-electron chi connectivity index (χ2n) is 5.73. The van der Waals surface area contributed by atoms with Crippen LogP contribution in [0.4, 0.5) is 11.6 Å². The Balaban J connectivity index is 1.64. The highest BCUT2D eigenvalue weighted by molar-refractivity contribution is 7.89. The molecular weight excluding hydrogens is 342 g/mol. The lowest BCUT2D eigenvalue weighted by Gasteiger charge is -2.34. The summed E-state index contributed by atoms with van der Waals surface area (Å²) in [6, 6.07) is 3.91. The Morgan fingerprint density at radius 3 is 2.36 bits per heavy atom. The third-order valence-electron chi connectivity index (χ3n) is 4.38. The molecule has 0 atom stereocenters. The normalized spacial score (nSPS) is 16.2. The topological polar surface area (TPSA) is 98.3 Å². The van der Waals surface area contributed by atoms with Gasteiger partial charge in [0, 0.05) is 39.3 Å². The molecule has 1 saturated heterocycles. The van der Waals surface area contributed by atoms with Gasteiger partial charge in [-0.05, 0) is 26.0 Å². The van der Waals surface area contributed by atoms with E-state index in [4.69, 9.17) is 0 Å². The number of piperazine rings is 1. The highest BCUT2D eigenvalue weighted by Crippen LogP contribution is 2.19. The van der Waals surface area contributed by atoms with E-state index in [0.29, 0.717) is 26.2 Å². The van der Waals surface area contributed by atoms with Gasteiger partial charge in [0.1, 0.15) is 0 Å². The molecular formula is C15H23N7O2S. The Hall–Kier alpha value is -2.20. The highest BCUT2D eigenvalue weighted by atomic mass is 32.2. The van der Waals surface area contributed by atoms with Gasteiger partial charge in [0.25, 0.3) is 10.0 Å². The van der Waals surface area contributed by atoms with Crippen molar-refractivity contribution in [3.8, 4) is 0 Å². The molecule has 0 aliphatic carbocycles. The van der Waals surface area contributed by atoms with E-state index in [1.165, 1.54) is 16.8 Å². The number of nitrogens with one attached hydrogen (secondary N) is 1. The van der Waals surface area contributed by atoms with Crippen molar-refractivity contribution in [1.82, 2.24) is 24.5 Å². The van der Waals surface area contributed by atoms with Gasteiger partial charge in [-0.3, -0.25) is 0 Å². The van der Waals surface area contributed by atoms with Gasteiger partial charge in [-0.25, -0.2) is 13.4 Å². The molecule has 0 saturated carbocycles. The van der Waals surface area contributed by atoms with E-state index in [0.717, 1.165) is 24.7 Å². The summed E-state index contributed by atoms with van der Waals surface area (Å²) in [6.07, 6.45) is 2.70. The summed E-state index contributed by atoms with van der Waals surface area (Å²) < 4.78 is 26.4. The molecule has 0 aromatic carbocycles. The van der Waals surface area contributed by atoms with Crippen LogP contribution in [0.1, 0.15) is 13.8 Å². The van der Waals surface area contributed by atoms with Crippen molar-refractivity contribution in [2.24, 2.45) is 0 Å². The van der Waals surface area contributed by atoms with Crippen LogP contribution in [0.2, 0.25) is 0 Å². The number of hydrogen-bond acceptors (Lipinski definition) is 7. The minimum Gasteiger partial charge on any atom is -0.356 e. The lowest BCUT2D eigenvalue weighted by Crippen LogP contribution is -2.49. The molecule has 1 fully saturated rings. The summed E-state index contributed by atoms with van der Waals surface area (Å²) in [7, 11) is -3.50. The second kappa shape index (κ2) is 7.36. The Bertz CT molecular complexity index is 765. The van der Waals surface area contributed by atoms with Gasteiger partial charge in [0.2, 0.25) is 0 Å². The number of aromatic amines is 1. The molecule has 0 unspecified atom stereocenters. The third-order valence-corrected chi connectivity index (χ3v) is 6.20. The van der Waals surface area contributed by atoms with Gasteiger partial charge >= 0.3 is 0 Å². The molecule has 3 heterocycles. The van der Waals surface area contributed by atoms with Crippen LogP contribution < -0.4 is 9.80 Å². The zero-order chi connectivity index (χ0) is 17.9. The molecule has 1 N–H and O–H groups in total. The van der Waals surface area contributed by atoms with Crippen LogP contribution in [0.5, 0.6) is 0 Å². The van der Waals surface area contributed by atoms with Crippen LogP contribution in [0.15, 0.2) is 29.7 Å². The number of nitrogens with zero attached hydrogens (tertiary/aromatic N) is 6. The first-order chi connectivity index (χ1) is 12.1. The second-order valence-corrected chi connectivity index (χ2v) is 7.64. The number of hydrogen-bond donors (Lipinski definition) is 1. The number of H-pyrrole nitrogens is 1. The number of imidazole rings is 1. The Labute approximate surface area is 147 Å². The summed E-state index contributed by atoms with van der Waals surface area (Å²) in [4.78, 5) is 10.6. The summed E-state index contributed by atoms with van der Waals surface area (Å²) in [5.74, 6) is 1.63. The van der Waals surface area contributed by atoms with Crippen molar-refractivity contribution in [2.45, 2.75) is 18.9 Å². The average molecular weight is 365 g/mol. The molecule has 0 radical (unpaired) electrons. The molecule has 136 valence electrons. The lowest BCUT2D eigenvalue weighted by atomic mass is 10.3. The van der Waals surface area contributed by atoms with Crippen LogP contribution in [-0.2, 0) is 10.0 Å². The van der Waals surface area contributed by atoms with Gasteiger partial charge in [-0.15, -0.1) is 10.2 Å². The van der Waals surface area contributed by atoms with Crippen LogP contribution in [0.25, 0.3) is 0 Å². The largest absolute Gasteiger partial charge is 0.356 e. The zero-order valence-electron chi connectivity index (χ0n) is 14.5. The predicted molar refractivity (Wildman–Crippen MR) is 95.2 cm³/mol. The van der Waals surface area contributed by atoms with E-state index < -0.39 is 10.0 Å². The summed E-state index contributed by atoms with van der Waals surface area (Å²) >= 11 is 0. The summed E-state index contributed by atoms with van der Waals surface area (Å²) in [6.45, 7) is 7.89. The maximum atomic E-state index is 12.5. The quantitative estimate of drug-likeness (QED) is 0.798. The minimum absolute atomic E-state index is 0.129. The van der Waals surface area contributed by atoms with E-state index in [-0.39, 0.29) is 5.03 Å². The zero-order valence-corrected chi connectivity index (χ0v) is 15.3. The van der Waals surface area contributed by atoms with Crippen LogP contribution in [0.3, 0.4) is 0 Å². The fourth-order valence-corrected chi connectivity index (χ4v) is 4.20. The van der Waals surface area contributed by atoms with E-state index in [2.05, 4.69) is 43.8 Å². The smallest absolute Gasteiger partial charge is 0.260 e. The van der Waals surface area contributed by atoms with Crippen molar-refractivity contribution >= 4 is 21.7 Å². The summed E-state index contributed by atoms with van der Waals surface area (Å²) in [5.41, 5.74) is 0. The third kappa shape index (κ3) is 3.59. The minimum atomic E-state index is -3.50. The van der Waals surface area contributed by atoms with Crippen molar-refractivity contribution in [1.29, 1.82) is 0 Å². The van der Waals surface area contributed by atoms with E-state index >= 15 is 0 Å². The standard InChI is InChI=1S/C15H23N7O2S/c1-3-20(4-2)13-5-6-14(19-18-13)21-7-9-22(10-8-21)25(23,24)15-11-16-12-17-15/h5-6,11-12H,3-4,7-10H2,1-2H3,(H,16,17). The fraction of sp³-hybridized carbons (Fsp3) is 0.533. The van der Waals surface area contributed by atoms with Crippen molar-refractivity contribution in [2.75, 3.05) is 49.1 Å². The van der Waals surface area contributed by atoms with Crippen LogP contribution in [-0.4, -0.2) is 72.2 Å². The molecule has 1 aliphatic heterocycles. The molecule has 0 bridgehead atoms. The van der Waals surface area contributed by atoms with E-state index in [9.17, 15) is 8.42 Å². The number of anilines is 2. The molecule has 2 aromatic rings. The van der Waals surface area contributed by atoms with Crippen LogP contribution in [0, 0.1) is 0 Å². The molecule has 9 nitrogen and oxygen atoms in total. The Morgan fingerprint density at radius 2 is 1.84 bits per heavy atom. The predicted octanol–water partition coefficient (Wildman–Crippen LogP) is 0.557. The van der Waals surface area contributed by atoms with Gasteiger partial charge in [0.05, 0.1) is 12.5 Å². The molecule has 10 heteroatoms. The number of aromatic nitrogens is 4. The molecule has 25 heavy (non-hydrogen) atoms. The van der Waals surface area contributed by atoms with Gasteiger partial charge in [0.15, 0.2) is 16.7 Å². The number of rotatable bonds is 6. The molecule has 0 spiro atoms. The van der Waals surface area contributed by atoms with E-state index in [1.807, 2.05) is 12.1 Å². The SMILES string of the molecule is CCN(CC)c1ccc(N2CCN(S(=O)(=O)c3cnc[nH]3)CC2)nn1. The van der Waals surface area contributed by atoms with Crippen molar-refractivity contribution in [3.63, 3.8) is 0 Å². The first-order valence-electron chi connectivity index (χ1n) is 8.38. The van der Waals surface area contributed by atoms with Gasteiger partial charge in [-0.2, -0.15) is 4.31 Å². The van der Waals surface area contributed by atoms with Crippen molar-refractivity contribution < 1.29 is 8.42 Å². The first-order valence-corrected chi connectivity index (χ1v) is 9.82. The van der Waals surface area contributed by atoms with Gasteiger partial charge < -0.3 is 14.8 Å². The molecule has 3 rings (SSSR count). The highest BCUT2D eigenvalue weighted by Gasteiger charge is 2.29. The Morgan fingerprint density at radius 1 is 1.12 bits per heavy atom. The lowest BCUT2D eigenvalue weighted by molar-refractivity contribution is 0.382. The van der Waals surface area contributed by atoms with E-state index in [1.54, 1.807) is 0 Å². The maximum absolute atomic E-state index is 12.5. The molecule has 0 amide bonds. The summed E-state index contributed by atoms with van der Waals surface area (Å²) in [5, 5.41) is 8.73.